The van der Waals surface area contributed by atoms with Crippen LogP contribution in [0.15, 0.2) is 42.0 Å². The van der Waals surface area contributed by atoms with Gasteiger partial charge in [0.15, 0.2) is 22.7 Å². The Labute approximate surface area is 193 Å². The lowest BCUT2D eigenvalue weighted by Gasteiger charge is -2.26. The van der Waals surface area contributed by atoms with Gasteiger partial charge in [-0.3, -0.25) is 0 Å². The minimum atomic E-state index is -4.70. The van der Waals surface area contributed by atoms with Gasteiger partial charge in [-0.05, 0) is 12.0 Å². The molecule has 0 aromatic carbocycles. The minimum Gasteiger partial charge on any atom is -0.571 e. The van der Waals surface area contributed by atoms with Gasteiger partial charge in [-0.2, -0.15) is 18.3 Å². The Morgan fingerprint density at radius 3 is 2.79 bits per heavy atom. The number of rotatable bonds is 4. The van der Waals surface area contributed by atoms with Gasteiger partial charge in [0, 0.05) is 29.3 Å². The molecule has 0 aliphatic carbocycles. The van der Waals surface area contributed by atoms with E-state index in [1.807, 2.05) is 0 Å². The summed E-state index contributed by atoms with van der Waals surface area (Å²) < 4.78 is 45.1. The number of aromatic nitrogens is 7. The van der Waals surface area contributed by atoms with E-state index in [1.165, 1.54) is 35.4 Å². The van der Waals surface area contributed by atoms with Gasteiger partial charge in [0.25, 0.3) is 0 Å². The summed E-state index contributed by atoms with van der Waals surface area (Å²) in [5.41, 5.74) is -2.04. The van der Waals surface area contributed by atoms with E-state index in [1.54, 1.807) is 13.2 Å². The van der Waals surface area contributed by atoms with Crippen LogP contribution in [-0.4, -0.2) is 54.6 Å². The Balaban J connectivity index is 1.59. The predicted octanol–water partition coefficient (Wildman–Crippen LogP) is 2.67. The molecule has 0 radical (unpaired) electrons. The minimum absolute atomic E-state index is 0.0200. The standard InChI is InChI=1S/C18H15ClF3N11O/c1-17(18(20,21)22)9-31(12-8-24-14-6-13(19)28-32(14)15(12)17)33(34)27-10-5-11(23-2)16(25-7-10)30-4-3-26-29-30/h3-8,23H,9H2,1-2H3/p+1/t17-/m1/s1. The number of hydrazine groups is 1. The van der Waals surface area contributed by atoms with Gasteiger partial charge < -0.3 is 10.5 Å². The molecule has 0 amide bonds. The molecule has 0 unspecified atom stereocenters. The van der Waals surface area contributed by atoms with E-state index in [9.17, 15) is 18.4 Å². The van der Waals surface area contributed by atoms with Gasteiger partial charge in [-0.15, -0.1) is 19.9 Å². The number of hydrogen-bond acceptors (Lipinski definition) is 7. The topological polar surface area (TPSA) is 129 Å². The highest BCUT2D eigenvalue weighted by Gasteiger charge is 2.62. The summed E-state index contributed by atoms with van der Waals surface area (Å²) >= 11 is 5.90. The largest absolute Gasteiger partial charge is 0.571 e. The lowest BCUT2D eigenvalue weighted by atomic mass is 9.88. The number of fused-ring (bicyclic) bond motifs is 3. The SMILES string of the molecule is CNc1cc(N=[N+]([O-])N2C[C@@](C)(C(F)(F)F)c3c2cnc2cc(Cl)nn32)cnc1-[n+]1ccn[nH]1. The van der Waals surface area contributed by atoms with E-state index in [-0.39, 0.29) is 32.8 Å². The smallest absolute Gasteiger partial charge is 0.401 e. The average molecular weight is 495 g/mol. The molecule has 0 saturated heterocycles. The Kier molecular flexibility index (Phi) is 4.82. The summed E-state index contributed by atoms with van der Waals surface area (Å²) in [7, 11) is 1.65. The van der Waals surface area contributed by atoms with Crippen LogP contribution >= 0.6 is 11.6 Å². The molecule has 1 atom stereocenters. The van der Waals surface area contributed by atoms with Crippen molar-refractivity contribution in [2.45, 2.75) is 18.5 Å². The first-order valence-electron chi connectivity index (χ1n) is 9.79. The van der Waals surface area contributed by atoms with E-state index >= 15 is 0 Å². The molecule has 176 valence electrons. The highest BCUT2D eigenvalue weighted by atomic mass is 35.5. The fourth-order valence-electron chi connectivity index (χ4n) is 3.81. The molecule has 16 heteroatoms. The number of aromatic amines is 1. The van der Waals surface area contributed by atoms with Gasteiger partial charge in [0.2, 0.25) is 0 Å². The molecule has 0 fully saturated rings. The molecule has 0 spiro atoms. The molecule has 4 aromatic heterocycles. The monoisotopic (exact) mass is 494 g/mol. The van der Waals surface area contributed by atoms with Crippen LogP contribution < -0.4 is 15.0 Å². The first-order valence-corrected chi connectivity index (χ1v) is 10.2. The molecule has 34 heavy (non-hydrogen) atoms. The van der Waals surface area contributed by atoms with Gasteiger partial charge in [0.05, 0.1) is 11.9 Å². The summed E-state index contributed by atoms with van der Waals surface area (Å²) in [4.78, 5) is 8.44. The third-order valence-electron chi connectivity index (χ3n) is 5.54. The van der Waals surface area contributed by atoms with Crippen LogP contribution in [0.5, 0.6) is 0 Å². The van der Waals surface area contributed by atoms with Crippen molar-refractivity contribution in [2.24, 2.45) is 5.11 Å². The van der Waals surface area contributed by atoms with E-state index in [0.29, 0.717) is 11.5 Å². The fraction of sp³-hybridized carbons (Fsp3) is 0.278. The van der Waals surface area contributed by atoms with Crippen LogP contribution in [0.2, 0.25) is 5.15 Å². The average Bonchev–Trinajstić information content (AvgIpc) is 3.50. The molecule has 4 aromatic rings. The van der Waals surface area contributed by atoms with E-state index in [0.717, 1.165) is 16.4 Å². The molecular weight excluding hydrogens is 479 g/mol. The second-order valence-electron chi connectivity index (χ2n) is 7.68. The second kappa shape index (κ2) is 7.51. The maximum absolute atomic E-state index is 14.2. The van der Waals surface area contributed by atoms with Gasteiger partial charge in [-0.1, -0.05) is 11.6 Å². The first kappa shape index (κ1) is 21.8. The van der Waals surface area contributed by atoms with Crippen LogP contribution in [0, 0.1) is 5.21 Å². The van der Waals surface area contributed by atoms with Gasteiger partial charge in [0.1, 0.15) is 35.7 Å². The Bertz CT molecular complexity index is 1420. The third-order valence-corrected chi connectivity index (χ3v) is 5.72. The Morgan fingerprint density at radius 1 is 1.32 bits per heavy atom. The predicted molar refractivity (Wildman–Crippen MR) is 112 cm³/mol. The molecule has 2 N–H and O–H groups in total. The molecule has 5 rings (SSSR count). The van der Waals surface area contributed by atoms with Crippen LogP contribution in [0.1, 0.15) is 12.6 Å². The van der Waals surface area contributed by atoms with Crippen LogP contribution in [0.25, 0.3) is 11.5 Å². The van der Waals surface area contributed by atoms with Crippen molar-refractivity contribution in [1.82, 2.24) is 29.9 Å². The van der Waals surface area contributed by atoms with Crippen molar-refractivity contribution >= 4 is 34.3 Å². The number of nitrogens with zero attached hydrogens (tertiary/aromatic N) is 9. The number of pyridine rings is 1. The molecular formula is C18H16ClF3N11O+. The van der Waals surface area contributed by atoms with Crippen LogP contribution in [0.4, 0.5) is 30.2 Å². The molecule has 1 aliphatic rings. The molecule has 5 heterocycles. The summed E-state index contributed by atoms with van der Waals surface area (Å²) in [5.74, 6) is 0.453. The first-order chi connectivity index (χ1) is 16.1. The Hall–Kier alpha value is -4.01. The van der Waals surface area contributed by atoms with Crippen molar-refractivity contribution in [1.29, 1.82) is 0 Å². The van der Waals surface area contributed by atoms with E-state index < -0.39 is 18.1 Å². The number of halogens is 4. The zero-order chi connectivity index (χ0) is 24.3. The Morgan fingerprint density at radius 2 is 2.12 bits per heavy atom. The lowest BCUT2D eigenvalue weighted by molar-refractivity contribution is -0.662. The van der Waals surface area contributed by atoms with Crippen molar-refractivity contribution in [3.05, 3.63) is 53.0 Å². The normalized spacial score (nSPS) is 18.5. The molecule has 0 bridgehead atoms. The van der Waals surface area contributed by atoms with Gasteiger partial charge in [-0.25, -0.2) is 9.50 Å². The lowest BCUT2D eigenvalue weighted by Crippen LogP contribution is -2.45. The number of anilines is 2. The highest BCUT2D eigenvalue weighted by Crippen LogP contribution is 2.50. The summed E-state index contributed by atoms with van der Waals surface area (Å²) in [6.07, 6.45) is 0.945. The van der Waals surface area contributed by atoms with Gasteiger partial charge >= 0.3 is 12.0 Å². The number of hydrogen-bond donors (Lipinski definition) is 2. The third kappa shape index (κ3) is 3.27. The van der Waals surface area contributed by atoms with Crippen molar-refractivity contribution in [3.63, 3.8) is 0 Å². The van der Waals surface area contributed by atoms with E-state index in [2.05, 4.69) is 35.8 Å². The molecule has 12 nitrogen and oxygen atoms in total. The zero-order valence-corrected chi connectivity index (χ0v) is 18.4. The maximum atomic E-state index is 14.2. The van der Waals surface area contributed by atoms with Crippen molar-refractivity contribution < 1.29 is 22.8 Å². The van der Waals surface area contributed by atoms with Crippen molar-refractivity contribution in [2.75, 3.05) is 23.9 Å². The number of alkyl halides is 3. The summed E-state index contributed by atoms with van der Waals surface area (Å²) in [5, 5.41) is 31.2. The highest BCUT2D eigenvalue weighted by molar-refractivity contribution is 6.29. The number of nitrogens with one attached hydrogen (secondary N) is 2. The maximum Gasteiger partial charge on any atom is 0.401 e. The summed E-state index contributed by atoms with van der Waals surface area (Å²) in [6.45, 7) is 0.261. The van der Waals surface area contributed by atoms with Crippen molar-refractivity contribution in [3.8, 4) is 5.82 Å². The van der Waals surface area contributed by atoms with Crippen LogP contribution in [0.3, 0.4) is 0 Å². The van der Waals surface area contributed by atoms with Crippen LogP contribution in [-0.2, 0) is 5.41 Å². The zero-order valence-electron chi connectivity index (χ0n) is 17.6. The molecule has 0 saturated carbocycles. The second-order valence-corrected chi connectivity index (χ2v) is 8.07. The fourth-order valence-corrected chi connectivity index (χ4v) is 3.99. The number of H-pyrrole nitrogens is 1. The molecule has 1 aliphatic heterocycles. The summed E-state index contributed by atoms with van der Waals surface area (Å²) in [6, 6.07) is 2.86. The quantitative estimate of drug-likeness (QED) is 0.253. The van der Waals surface area contributed by atoms with E-state index in [4.69, 9.17) is 11.6 Å².